The number of benzene rings is 3. The van der Waals surface area contributed by atoms with Crippen LogP contribution >= 0.6 is 0 Å². The molecule has 10 nitrogen and oxygen atoms in total. The summed E-state index contributed by atoms with van der Waals surface area (Å²) in [6.07, 6.45) is 0.192. The molecule has 11 heteroatoms. The summed E-state index contributed by atoms with van der Waals surface area (Å²) in [4.78, 5) is 23.5. The minimum Gasteiger partial charge on any atom is -0.493 e. The Kier molecular flexibility index (Phi) is 7.69. The fraction of sp³-hybridized carbons (Fsp3) is 0.174. The van der Waals surface area contributed by atoms with Gasteiger partial charge in [0.1, 0.15) is 0 Å². The van der Waals surface area contributed by atoms with Crippen LogP contribution in [0.1, 0.15) is 15.9 Å². The van der Waals surface area contributed by atoms with Crippen LogP contribution in [0.2, 0.25) is 0 Å². The lowest BCUT2D eigenvalue weighted by molar-refractivity contribution is -0.385. The van der Waals surface area contributed by atoms with E-state index in [1.54, 1.807) is 18.2 Å². The van der Waals surface area contributed by atoms with Gasteiger partial charge in [0.25, 0.3) is 21.6 Å². The number of rotatable bonds is 10. The molecule has 0 bridgehead atoms. The SMILES string of the molecule is COc1cc(CCNC(=O)c2ccc(NS(=O)(=O)c3ccccc3)cc2)c([N+](=O)[O-])cc1OC. The number of nitro benzene ring substituents is 1. The quantitative estimate of drug-likeness (QED) is 0.332. The normalized spacial score (nSPS) is 10.9. The van der Waals surface area contributed by atoms with Crippen molar-refractivity contribution in [1.29, 1.82) is 0 Å². The van der Waals surface area contributed by atoms with E-state index in [2.05, 4.69) is 10.0 Å². The van der Waals surface area contributed by atoms with Crippen LogP contribution in [0.4, 0.5) is 11.4 Å². The summed E-state index contributed by atoms with van der Waals surface area (Å²) in [6.45, 7) is 0.136. The Morgan fingerprint density at radius 3 is 2.18 bits per heavy atom. The van der Waals surface area contributed by atoms with Gasteiger partial charge in [-0.1, -0.05) is 18.2 Å². The molecule has 34 heavy (non-hydrogen) atoms. The first-order valence-electron chi connectivity index (χ1n) is 10.1. The van der Waals surface area contributed by atoms with Gasteiger partial charge in [-0.3, -0.25) is 19.6 Å². The maximum Gasteiger partial charge on any atom is 0.276 e. The van der Waals surface area contributed by atoms with E-state index in [1.807, 2.05) is 0 Å². The average molecular weight is 486 g/mol. The molecule has 0 saturated carbocycles. The van der Waals surface area contributed by atoms with E-state index < -0.39 is 20.9 Å². The minimum absolute atomic E-state index is 0.126. The summed E-state index contributed by atoms with van der Waals surface area (Å²) >= 11 is 0. The number of amides is 1. The number of anilines is 1. The van der Waals surface area contributed by atoms with E-state index in [0.29, 0.717) is 22.6 Å². The Morgan fingerprint density at radius 1 is 0.971 bits per heavy atom. The Bertz CT molecular complexity index is 1280. The van der Waals surface area contributed by atoms with Gasteiger partial charge >= 0.3 is 0 Å². The summed E-state index contributed by atoms with van der Waals surface area (Å²) in [5, 5.41) is 14.1. The number of ether oxygens (including phenoxy) is 2. The Balaban J connectivity index is 1.63. The van der Waals surface area contributed by atoms with Gasteiger partial charge in [-0.2, -0.15) is 0 Å². The van der Waals surface area contributed by atoms with Gasteiger partial charge < -0.3 is 14.8 Å². The third-order valence-electron chi connectivity index (χ3n) is 4.91. The summed E-state index contributed by atoms with van der Waals surface area (Å²) < 4.78 is 37.6. The van der Waals surface area contributed by atoms with E-state index >= 15 is 0 Å². The zero-order chi connectivity index (χ0) is 24.7. The van der Waals surface area contributed by atoms with Crippen molar-refractivity contribution >= 4 is 27.3 Å². The molecule has 1 amide bonds. The van der Waals surface area contributed by atoms with Gasteiger partial charge in [0.05, 0.1) is 30.1 Å². The molecular weight excluding hydrogens is 462 g/mol. The predicted molar refractivity (Wildman–Crippen MR) is 126 cm³/mol. The maximum absolute atomic E-state index is 12.5. The molecule has 0 saturated heterocycles. The first-order chi connectivity index (χ1) is 16.2. The first kappa shape index (κ1) is 24.5. The second-order valence-electron chi connectivity index (χ2n) is 7.09. The summed E-state index contributed by atoms with van der Waals surface area (Å²) in [6, 6.07) is 16.6. The van der Waals surface area contributed by atoms with Gasteiger partial charge in [-0.05, 0) is 48.9 Å². The number of methoxy groups -OCH3 is 2. The topological polar surface area (TPSA) is 137 Å². The lowest BCUT2D eigenvalue weighted by Gasteiger charge is -2.11. The number of nitro groups is 1. The highest BCUT2D eigenvalue weighted by Gasteiger charge is 2.19. The highest BCUT2D eigenvalue weighted by Crippen LogP contribution is 2.34. The fourth-order valence-corrected chi connectivity index (χ4v) is 4.28. The molecule has 0 spiro atoms. The van der Waals surface area contributed by atoms with Gasteiger partial charge in [0, 0.05) is 23.4 Å². The molecule has 2 N–H and O–H groups in total. The molecule has 0 atom stereocenters. The highest BCUT2D eigenvalue weighted by molar-refractivity contribution is 7.92. The molecule has 3 aromatic carbocycles. The minimum atomic E-state index is -3.74. The number of nitrogens with zero attached hydrogens (tertiary/aromatic N) is 1. The molecule has 0 unspecified atom stereocenters. The monoisotopic (exact) mass is 485 g/mol. The van der Waals surface area contributed by atoms with E-state index in [-0.39, 0.29) is 29.3 Å². The van der Waals surface area contributed by atoms with E-state index in [0.717, 1.165) is 0 Å². The fourth-order valence-electron chi connectivity index (χ4n) is 3.20. The lowest BCUT2D eigenvalue weighted by Crippen LogP contribution is -2.25. The van der Waals surface area contributed by atoms with Crippen molar-refractivity contribution < 1.29 is 27.6 Å². The largest absolute Gasteiger partial charge is 0.493 e. The molecule has 0 aliphatic carbocycles. The van der Waals surface area contributed by atoms with Crippen molar-refractivity contribution in [1.82, 2.24) is 5.32 Å². The Morgan fingerprint density at radius 2 is 1.59 bits per heavy atom. The maximum atomic E-state index is 12.5. The van der Waals surface area contributed by atoms with Crippen LogP contribution in [0.15, 0.2) is 71.6 Å². The van der Waals surface area contributed by atoms with Crippen LogP contribution in [0.3, 0.4) is 0 Å². The Labute approximate surface area is 196 Å². The zero-order valence-electron chi connectivity index (χ0n) is 18.5. The number of nitrogens with one attached hydrogen (secondary N) is 2. The van der Waals surface area contributed by atoms with Crippen LogP contribution in [-0.2, 0) is 16.4 Å². The van der Waals surface area contributed by atoms with Crippen LogP contribution < -0.4 is 19.5 Å². The number of carbonyl (C=O) groups is 1. The van der Waals surface area contributed by atoms with E-state index in [4.69, 9.17) is 9.47 Å². The van der Waals surface area contributed by atoms with Gasteiger partial charge in [-0.15, -0.1) is 0 Å². The van der Waals surface area contributed by atoms with Gasteiger partial charge in [0.2, 0.25) is 0 Å². The van der Waals surface area contributed by atoms with Crippen molar-refractivity contribution in [2.75, 3.05) is 25.5 Å². The van der Waals surface area contributed by atoms with Crippen molar-refractivity contribution in [3.8, 4) is 11.5 Å². The second-order valence-corrected chi connectivity index (χ2v) is 8.78. The lowest BCUT2D eigenvalue weighted by atomic mass is 10.1. The summed E-state index contributed by atoms with van der Waals surface area (Å²) in [7, 11) is -0.920. The molecule has 3 aromatic rings. The second kappa shape index (κ2) is 10.7. The van der Waals surface area contributed by atoms with Gasteiger partial charge in [0.15, 0.2) is 11.5 Å². The molecular formula is C23H23N3O7S. The number of sulfonamides is 1. The molecule has 0 aromatic heterocycles. The van der Waals surface area contributed by atoms with Gasteiger partial charge in [-0.25, -0.2) is 8.42 Å². The van der Waals surface area contributed by atoms with Crippen molar-refractivity contribution in [2.24, 2.45) is 0 Å². The van der Waals surface area contributed by atoms with Crippen LogP contribution in [0.25, 0.3) is 0 Å². The van der Waals surface area contributed by atoms with Crippen LogP contribution in [0, 0.1) is 10.1 Å². The highest BCUT2D eigenvalue weighted by atomic mass is 32.2. The smallest absolute Gasteiger partial charge is 0.276 e. The molecule has 0 aliphatic heterocycles. The van der Waals surface area contributed by atoms with E-state index in [1.165, 1.54) is 62.8 Å². The summed E-state index contributed by atoms with van der Waals surface area (Å²) in [5.74, 6) is 0.188. The predicted octanol–water partition coefficient (Wildman–Crippen LogP) is 3.39. The molecule has 0 radical (unpaired) electrons. The zero-order valence-corrected chi connectivity index (χ0v) is 19.3. The van der Waals surface area contributed by atoms with Crippen molar-refractivity contribution in [2.45, 2.75) is 11.3 Å². The molecule has 0 heterocycles. The number of hydrogen-bond donors (Lipinski definition) is 2. The van der Waals surface area contributed by atoms with Crippen LogP contribution in [0.5, 0.6) is 11.5 Å². The van der Waals surface area contributed by atoms with Crippen molar-refractivity contribution in [3.63, 3.8) is 0 Å². The van der Waals surface area contributed by atoms with Crippen LogP contribution in [-0.4, -0.2) is 40.0 Å². The number of carbonyl (C=O) groups excluding carboxylic acids is 1. The first-order valence-corrected chi connectivity index (χ1v) is 11.6. The molecule has 178 valence electrons. The molecule has 0 fully saturated rings. The summed E-state index contributed by atoms with van der Waals surface area (Å²) in [5.41, 5.74) is 0.862. The number of hydrogen-bond acceptors (Lipinski definition) is 7. The third kappa shape index (κ3) is 5.81. The average Bonchev–Trinajstić information content (AvgIpc) is 2.84. The molecule has 0 aliphatic rings. The standard InChI is InChI=1S/C23H23N3O7S/c1-32-21-14-17(20(26(28)29)15-22(21)33-2)12-13-24-23(27)16-8-10-18(11-9-16)25-34(30,31)19-6-4-3-5-7-19/h3-11,14-15,25H,12-13H2,1-2H3,(H,24,27). The Hall–Kier alpha value is -4.12. The van der Waals surface area contributed by atoms with E-state index in [9.17, 15) is 23.3 Å². The molecule has 3 rings (SSSR count). The van der Waals surface area contributed by atoms with Crippen molar-refractivity contribution in [3.05, 3.63) is 88.0 Å². The third-order valence-corrected chi connectivity index (χ3v) is 6.31.